The van der Waals surface area contributed by atoms with Gasteiger partial charge in [-0.05, 0) is 36.4 Å². The van der Waals surface area contributed by atoms with E-state index in [1.165, 1.54) is 12.1 Å². The van der Waals surface area contributed by atoms with E-state index in [9.17, 15) is 13.2 Å². The minimum absolute atomic E-state index is 0.250. The van der Waals surface area contributed by atoms with E-state index in [1.54, 1.807) is 12.1 Å². The summed E-state index contributed by atoms with van der Waals surface area (Å²) in [7, 11) is 3.87. The monoisotopic (exact) mass is 332 g/mol. The van der Waals surface area contributed by atoms with E-state index in [4.69, 9.17) is 0 Å². The molecule has 1 aromatic heterocycles. The first kappa shape index (κ1) is 16.1. The molecule has 0 spiro atoms. The molecule has 0 aliphatic heterocycles. The molecule has 3 aromatic rings. The molecule has 0 radical (unpaired) electrons. The quantitative estimate of drug-likeness (QED) is 0.684. The van der Waals surface area contributed by atoms with Gasteiger partial charge in [-0.25, -0.2) is 4.98 Å². The van der Waals surface area contributed by atoms with E-state index in [1.807, 2.05) is 49.3 Å². The molecule has 0 aliphatic rings. The smallest absolute Gasteiger partial charge is 0.406 e. The first-order valence-electron chi connectivity index (χ1n) is 7.27. The molecule has 0 atom stereocenters. The number of alkyl halides is 3. The number of fused-ring (bicyclic) bond motifs is 1. The second-order valence-electron chi connectivity index (χ2n) is 5.51. The third-order valence-corrected chi connectivity index (χ3v) is 3.56. The van der Waals surface area contributed by atoms with Gasteiger partial charge in [0, 0.05) is 30.7 Å². The van der Waals surface area contributed by atoms with E-state index in [2.05, 4.69) is 9.72 Å². The van der Waals surface area contributed by atoms with Gasteiger partial charge in [-0.3, -0.25) is 0 Å². The Morgan fingerprint density at radius 3 is 2.25 bits per heavy atom. The third-order valence-electron chi connectivity index (χ3n) is 3.56. The fourth-order valence-corrected chi connectivity index (χ4v) is 2.50. The van der Waals surface area contributed by atoms with Gasteiger partial charge >= 0.3 is 6.36 Å². The summed E-state index contributed by atoms with van der Waals surface area (Å²) in [6.07, 6.45) is -4.69. The van der Waals surface area contributed by atoms with Crippen LogP contribution in [0.4, 0.5) is 18.9 Å². The number of rotatable bonds is 3. The summed E-state index contributed by atoms with van der Waals surface area (Å²) >= 11 is 0. The Bertz CT molecular complexity index is 858. The lowest BCUT2D eigenvalue weighted by Gasteiger charge is -2.17. The van der Waals surface area contributed by atoms with Gasteiger partial charge in [0.25, 0.3) is 0 Å². The highest BCUT2D eigenvalue weighted by Gasteiger charge is 2.30. The number of para-hydroxylation sites is 1. The zero-order valence-electron chi connectivity index (χ0n) is 13.1. The molecule has 124 valence electrons. The van der Waals surface area contributed by atoms with Crippen LogP contribution in [-0.2, 0) is 0 Å². The number of ether oxygens (including phenoxy) is 1. The summed E-state index contributed by atoms with van der Waals surface area (Å²) in [4.78, 5) is 6.58. The maximum atomic E-state index is 12.2. The molecule has 0 saturated carbocycles. The van der Waals surface area contributed by atoms with Gasteiger partial charge in [-0.2, -0.15) is 0 Å². The van der Waals surface area contributed by atoms with Crippen LogP contribution in [0, 0.1) is 0 Å². The van der Waals surface area contributed by atoms with Crippen molar-refractivity contribution in [1.82, 2.24) is 4.98 Å². The Kier molecular flexibility index (Phi) is 4.05. The van der Waals surface area contributed by atoms with Crippen molar-refractivity contribution < 1.29 is 17.9 Å². The Labute approximate surface area is 137 Å². The van der Waals surface area contributed by atoms with E-state index < -0.39 is 6.36 Å². The average molecular weight is 332 g/mol. The molecule has 0 bridgehead atoms. The number of aromatic nitrogens is 1. The summed E-state index contributed by atoms with van der Waals surface area (Å²) in [5.74, 6) is -0.250. The first-order chi connectivity index (χ1) is 11.3. The number of pyridine rings is 1. The van der Waals surface area contributed by atoms with Crippen LogP contribution in [0.3, 0.4) is 0 Å². The Balaban J connectivity index is 2.03. The van der Waals surface area contributed by atoms with Gasteiger partial charge in [0.05, 0.1) is 11.2 Å². The number of hydrogen-bond acceptors (Lipinski definition) is 3. The van der Waals surface area contributed by atoms with Crippen molar-refractivity contribution in [2.24, 2.45) is 0 Å². The van der Waals surface area contributed by atoms with Crippen LogP contribution >= 0.6 is 0 Å². The minimum Gasteiger partial charge on any atom is -0.406 e. The number of halogens is 3. The van der Waals surface area contributed by atoms with Crippen molar-refractivity contribution >= 4 is 16.6 Å². The standard InChI is InChI=1S/C18H15F3N2O/c1-23(2)17-11-16(22-15-6-4-3-5-14(15)17)12-7-9-13(10-8-12)24-18(19,20)21/h3-11H,1-2H3. The van der Waals surface area contributed by atoms with Crippen LogP contribution in [0.25, 0.3) is 22.2 Å². The number of benzene rings is 2. The predicted molar refractivity (Wildman–Crippen MR) is 88.2 cm³/mol. The second-order valence-corrected chi connectivity index (χ2v) is 5.51. The Morgan fingerprint density at radius 2 is 1.62 bits per heavy atom. The fraction of sp³-hybridized carbons (Fsp3) is 0.167. The molecule has 1 heterocycles. The topological polar surface area (TPSA) is 25.4 Å². The zero-order chi connectivity index (χ0) is 17.3. The Morgan fingerprint density at radius 1 is 0.958 bits per heavy atom. The Hall–Kier alpha value is -2.76. The lowest BCUT2D eigenvalue weighted by Crippen LogP contribution is -2.16. The molecule has 2 aromatic carbocycles. The van der Waals surface area contributed by atoms with Gasteiger partial charge < -0.3 is 9.64 Å². The third kappa shape index (κ3) is 3.42. The minimum atomic E-state index is -4.69. The van der Waals surface area contributed by atoms with E-state index in [0.29, 0.717) is 5.69 Å². The SMILES string of the molecule is CN(C)c1cc(-c2ccc(OC(F)(F)F)cc2)nc2ccccc12. The highest BCUT2D eigenvalue weighted by Crippen LogP contribution is 2.31. The van der Waals surface area contributed by atoms with Crippen molar-refractivity contribution in [1.29, 1.82) is 0 Å². The molecule has 0 N–H and O–H groups in total. The average Bonchev–Trinajstić information content (AvgIpc) is 2.53. The lowest BCUT2D eigenvalue weighted by molar-refractivity contribution is -0.274. The maximum Gasteiger partial charge on any atom is 0.573 e. The maximum absolute atomic E-state index is 12.2. The summed E-state index contributed by atoms with van der Waals surface area (Å²) in [6, 6.07) is 15.4. The lowest BCUT2D eigenvalue weighted by atomic mass is 10.1. The van der Waals surface area contributed by atoms with Gasteiger partial charge in [-0.15, -0.1) is 13.2 Å². The fourth-order valence-electron chi connectivity index (χ4n) is 2.50. The number of hydrogen-bond donors (Lipinski definition) is 0. The van der Waals surface area contributed by atoms with Crippen LogP contribution in [0.5, 0.6) is 5.75 Å². The molecule has 0 fully saturated rings. The molecular weight excluding hydrogens is 317 g/mol. The van der Waals surface area contributed by atoms with Gasteiger partial charge in [0.2, 0.25) is 0 Å². The van der Waals surface area contributed by atoms with Crippen LogP contribution in [-0.4, -0.2) is 25.4 Å². The summed E-state index contributed by atoms with van der Waals surface area (Å²) in [5.41, 5.74) is 3.23. The molecule has 6 heteroatoms. The van der Waals surface area contributed by atoms with Gasteiger partial charge in [-0.1, -0.05) is 18.2 Å². The predicted octanol–water partition coefficient (Wildman–Crippen LogP) is 4.87. The van der Waals surface area contributed by atoms with Crippen LogP contribution in [0.1, 0.15) is 0 Å². The van der Waals surface area contributed by atoms with Gasteiger partial charge in [0.15, 0.2) is 0 Å². The highest BCUT2D eigenvalue weighted by molar-refractivity contribution is 5.94. The molecule has 0 unspecified atom stereocenters. The van der Waals surface area contributed by atoms with Crippen LogP contribution in [0.15, 0.2) is 54.6 Å². The molecule has 0 amide bonds. The van der Waals surface area contributed by atoms with Gasteiger partial charge in [0.1, 0.15) is 5.75 Å². The summed E-state index contributed by atoms with van der Waals surface area (Å²) in [5, 5.41) is 1.02. The first-order valence-corrected chi connectivity index (χ1v) is 7.27. The number of nitrogens with zero attached hydrogens (tertiary/aromatic N) is 2. The van der Waals surface area contributed by atoms with Crippen molar-refractivity contribution in [3.63, 3.8) is 0 Å². The van der Waals surface area contributed by atoms with Crippen molar-refractivity contribution in [3.05, 3.63) is 54.6 Å². The van der Waals surface area contributed by atoms with Crippen molar-refractivity contribution in [2.75, 3.05) is 19.0 Å². The van der Waals surface area contributed by atoms with Crippen LogP contribution < -0.4 is 9.64 Å². The van der Waals surface area contributed by atoms with E-state index in [-0.39, 0.29) is 5.75 Å². The highest BCUT2D eigenvalue weighted by atomic mass is 19.4. The molecule has 0 aliphatic carbocycles. The summed E-state index contributed by atoms with van der Waals surface area (Å²) in [6.45, 7) is 0. The van der Waals surface area contributed by atoms with Crippen molar-refractivity contribution in [2.45, 2.75) is 6.36 Å². The van der Waals surface area contributed by atoms with Crippen LogP contribution in [0.2, 0.25) is 0 Å². The largest absolute Gasteiger partial charge is 0.573 e. The second kappa shape index (κ2) is 6.03. The molecule has 24 heavy (non-hydrogen) atoms. The molecule has 3 rings (SSSR count). The zero-order valence-corrected chi connectivity index (χ0v) is 13.1. The normalized spacial score (nSPS) is 11.5. The van der Waals surface area contributed by atoms with E-state index >= 15 is 0 Å². The molecular formula is C18H15F3N2O. The molecule has 0 saturated heterocycles. The summed E-state index contributed by atoms with van der Waals surface area (Å²) < 4.78 is 40.6. The van der Waals surface area contributed by atoms with E-state index in [0.717, 1.165) is 22.2 Å². The molecule has 3 nitrogen and oxygen atoms in total. The van der Waals surface area contributed by atoms with Crippen molar-refractivity contribution in [3.8, 4) is 17.0 Å². The number of anilines is 1.